The predicted molar refractivity (Wildman–Crippen MR) is 77.9 cm³/mol. The molecular weight excluding hydrogens is 276 g/mol. The van der Waals surface area contributed by atoms with Crippen LogP contribution in [-0.4, -0.2) is 56.2 Å². The van der Waals surface area contributed by atoms with Crippen molar-refractivity contribution in [3.63, 3.8) is 0 Å². The number of carbonyl (C=O) groups excluding carboxylic acids is 1. The van der Waals surface area contributed by atoms with Crippen molar-refractivity contribution in [2.24, 2.45) is 0 Å². The molecule has 0 saturated carbocycles. The highest BCUT2D eigenvalue weighted by atomic mass is 16.5. The second kappa shape index (κ2) is 8.11. The Kier molecular flexibility index (Phi) is 6.48. The second-order valence-corrected chi connectivity index (χ2v) is 4.50. The Morgan fingerprint density at radius 2 is 2.00 bits per heavy atom. The summed E-state index contributed by atoms with van der Waals surface area (Å²) in [6, 6.07) is 5.07. The van der Waals surface area contributed by atoms with Gasteiger partial charge < -0.3 is 19.9 Å². The maximum absolute atomic E-state index is 11.9. The number of amides is 1. The first-order chi connectivity index (χ1) is 9.96. The van der Waals surface area contributed by atoms with Crippen LogP contribution in [0.2, 0.25) is 0 Å². The number of nitrogens with one attached hydrogen (secondary N) is 1. The van der Waals surface area contributed by atoms with E-state index in [4.69, 9.17) is 14.6 Å². The summed E-state index contributed by atoms with van der Waals surface area (Å²) in [5.41, 5.74) is 0.537. The third kappa shape index (κ3) is 5.70. The summed E-state index contributed by atoms with van der Waals surface area (Å²) >= 11 is 0. The number of ether oxygens (including phenoxy) is 2. The van der Waals surface area contributed by atoms with Crippen LogP contribution in [0, 0.1) is 0 Å². The first-order valence-corrected chi connectivity index (χ1v) is 6.38. The number of carbonyl (C=O) groups is 2. The minimum absolute atomic E-state index is 0.00433. The van der Waals surface area contributed by atoms with Crippen LogP contribution >= 0.6 is 0 Å². The molecule has 0 radical (unpaired) electrons. The molecule has 7 heteroatoms. The maximum atomic E-state index is 11.9. The van der Waals surface area contributed by atoms with Crippen LogP contribution in [0.15, 0.2) is 18.2 Å². The molecule has 0 unspecified atom stereocenters. The Bertz CT molecular complexity index is 504. The molecule has 1 amide bonds. The van der Waals surface area contributed by atoms with Crippen molar-refractivity contribution in [3.05, 3.63) is 18.2 Å². The SMILES string of the molecule is COc1ccc(NC(=O)CN(C)CCC(=O)O)c(OC)c1. The summed E-state index contributed by atoms with van der Waals surface area (Å²) in [4.78, 5) is 24.0. The number of carboxylic acid groups (broad SMARTS) is 1. The molecule has 0 aliphatic heterocycles. The Morgan fingerprint density at radius 3 is 2.57 bits per heavy atom. The van der Waals surface area contributed by atoms with Crippen LogP contribution in [0.25, 0.3) is 0 Å². The summed E-state index contributed by atoms with van der Waals surface area (Å²) in [5, 5.41) is 11.3. The number of hydrogen-bond acceptors (Lipinski definition) is 5. The monoisotopic (exact) mass is 296 g/mol. The molecule has 7 nitrogen and oxygen atoms in total. The second-order valence-electron chi connectivity index (χ2n) is 4.50. The minimum Gasteiger partial charge on any atom is -0.497 e. The molecule has 0 heterocycles. The Morgan fingerprint density at radius 1 is 1.29 bits per heavy atom. The van der Waals surface area contributed by atoms with Gasteiger partial charge in [0.2, 0.25) is 5.91 Å². The summed E-state index contributed by atoms with van der Waals surface area (Å²) < 4.78 is 10.3. The average molecular weight is 296 g/mol. The molecule has 0 fully saturated rings. The molecule has 1 rings (SSSR count). The van der Waals surface area contributed by atoms with Gasteiger partial charge in [-0.15, -0.1) is 0 Å². The smallest absolute Gasteiger partial charge is 0.304 e. The maximum Gasteiger partial charge on any atom is 0.304 e. The lowest BCUT2D eigenvalue weighted by molar-refractivity contribution is -0.137. The number of hydrogen-bond donors (Lipinski definition) is 2. The number of rotatable bonds is 8. The quantitative estimate of drug-likeness (QED) is 0.745. The van der Waals surface area contributed by atoms with E-state index in [1.165, 1.54) is 7.11 Å². The lowest BCUT2D eigenvalue weighted by Gasteiger charge is -2.16. The molecule has 0 saturated heterocycles. The molecule has 0 bridgehead atoms. The fourth-order valence-electron chi connectivity index (χ4n) is 1.70. The van der Waals surface area contributed by atoms with E-state index in [1.807, 2.05) is 0 Å². The van der Waals surface area contributed by atoms with E-state index in [2.05, 4.69) is 5.32 Å². The fourth-order valence-corrected chi connectivity index (χ4v) is 1.70. The Balaban J connectivity index is 2.60. The Labute approximate surface area is 123 Å². The molecule has 0 aliphatic rings. The van der Waals surface area contributed by atoms with E-state index in [1.54, 1.807) is 37.3 Å². The molecule has 1 aromatic carbocycles. The van der Waals surface area contributed by atoms with E-state index < -0.39 is 5.97 Å². The number of nitrogens with zero attached hydrogens (tertiary/aromatic N) is 1. The third-order valence-electron chi connectivity index (χ3n) is 2.80. The summed E-state index contributed by atoms with van der Waals surface area (Å²) in [6.45, 7) is 0.408. The van der Waals surface area contributed by atoms with Gasteiger partial charge in [-0.2, -0.15) is 0 Å². The summed E-state index contributed by atoms with van der Waals surface area (Å²) in [7, 11) is 4.74. The summed E-state index contributed by atoms with van der Waals surface area (Å²) in [6.07, 6.45) is -0.00433. The van der Waals surface area contributed by atoms with Crippen LogP contribution in [0.4, 0.5) is 5.69 Å². The predicted octanol–water partition coefficient (Wildman–Crippen LogP) is 1.05. The van der Waals surface area contributed by atoms with Gasteiger partial charge in [0.25, 0.3) is 0 Å². The number of methoxy groups -OCH3 is 2. The van der Waals surface area contributed by atoms with Crippen LogP contribution < -0.4 is 14.8 Å². The summed E-state index contributed by atoms with van der Waals surface area (Å²) in [5.74, 6) is -0.00949. The van der Waals surface area contributed by atoms with Gasteiger partial charge in [-0.25, -0.2) is 0 Å². The first kappa shape index (κ1) is 16.8. The number of carboxylic acids is 1. The first-order valence-electron chi connectivity index (χ1n) is 6.38. The number of likely N-dealkylation sites (N-methyl/N-ethyl adjacent to an activating group) is 1. The van der Waals surface area contributed by atoms with Crippen molar-refractivity contribution in [1.29, 1.82) is 0 Å². The van der Waals surface area contributed by atoms with Crippen molar-refractivity contribution >= 4 is 17.6 Å². The molecule has 1 aromatic rings. The van der Waals surface area contributed by atoms with Crippen molar-refractivity contribution in [1.82, 2.24) is 4.90 Å². The zero-order valence-corrected chi connectivity index (χ0v) is 12.4. The van der Waals surface area contributed by atoms with Gasteiger partial charge in [-0.3, -0.25) is 14.5 Å². The Hall–Kier alpha value is -2.28. The molecule has 0 atom stereocenters. The number of benzene rings is 1. The number of anilines is 1. The van der Waals surface area contributed by atoms with Crippen molar-refractivity contribution in [2.75, 3.05) is 39.7 Å². The van der Waals surface area contributed by atoms with E-state index >= 15 is 0 Å². The largest absolute Gasteiger partial charge is 0.497 e. The van der Waals surface area contributed by atoms with Crippen molar-refractivity contribution in [2.45, 2.75) is 6.42 Å². The molecule has 0 spiro atoms. The van der Waals surface area contributed by atoms with Gasteiger partial charge in [0.1, 0.15) is 11.5 Å². The highest BCUT2D eigenvalue weighted by Gasteiger charge is 2.11. The van der Waals surface area contributed by atoms with Gasteiger partial charge in [-0.1, -0.05) is 0 Å². The standard InChI is InChI=1S/C14H20N2O5/c1-16(7-6-14(18)19)9-13(17)15-11-5-4-10(20-2)8-12(11)21-3/h4-5,8H,6-7,9H2,1-3H3,(H,15,17)(H,18,19). The van der Waals surface area contributed by atoms with Gasteiger partial charge in [-0.05, 0) is 19.2 Å². The molecule has 116 valence electrons. The molecule has 0 aliphatic carbocycles. The number of aliphatic carboxylic acids is 1. The lowest BCUT2D eigenvalue weighted by atomic mass is 10.2. The van der Waals surface area contributed by atoms with Crippen LogP contribution in [0.5, 0.6) is 11.5 Å². The van der Waals surface area contributed by atoms with Gasteiger partial charge >= 0.3 is 5.97 Å². The normalized spacial score (nSPS) is 10.3. The molecule has 21 heavy (non-hydrogen) atoms. The van der Waals surface area contributed by atoms with Crippen LogP contribution in [-0.2, 0) is 9.59 Å². The average Bonchev–Trinajstić information content (AvgIpc) is 2.45. The van der Waals surface area contributed by atoms with Gasteiger partial charge in [0, 0.05) is 12.6 Å². The topological polar surface area (TPSA) is 88.1 Å². The zero-order valence-electron chi connectivity index (χ0n) is 12.4. The molecule has 0 aromatic heterocycles. The fraction of sp³-hybridized carbons (Fsp3) is 0.429. The zero-order chi connectivity index (χ0) is 15.8. The van der Waals surface area contributed by atoms with Gasteiger partial charge in [0.15, 0.2) is 0 Å². The van der Waals surface area contributed by atoms with Crippen LogP contribution in [0.1, 0.15) is 6.42 Å². The van der Waals surface area contributed by atoms with Gasteiger partial charge in [0.05, 0.1) is 32.9 Å². The van der Waals surface area contributed by atoms with Crippen molar-refractivity contribution < 1.29 is 24.2 Å². The molecular formula is C14H20N2O5. The highest BCUT2D eigenvalue weighted by molar-refractivity contribution is 5.93. The van der Waals surface area contributed by atoms with Crippen LogP contribution in [0.3, 0.4) is 0 Å². The van der Waals surface area contributed by atoms with E-state index in [0.29, 0.717) is 23.7 Å². The lowest BCUT2D eigenvalue weighted by Crippen LogP contribution is -2.31. The van der Waals surface area contributed by atoms with Crippen molar-refractivity contribution in [3.8, 4) is 11.5 Å². The highest BCUT2D eigenvalue weighted by Crippen LogP contribution is 2.28. The van der Waals surface area contributed by atoms with E-state index in [0.717, 1.165) is 0 Å². The third-order valence-corrected chi connectivity index (χ3v) is 2.80. The van der Waals surface area contributed by atoms with E-state index in [-0.39, 0.29) is 18.9 Å². The molecule has 2 N–H and O–H groups in total. The van der Waals surface area contributed by atoms with E-state index in [9.17, 15) is 9.59 Å². The minimum atomic E-state index is -0.890.